The minimum Gasteiger partial charge on any atom is -0.310 e. The van der Waals surface area contributed by atoms with Crippen molar-refractivity contribution in [1.29, 1.82) is 0 Å². The Hall–Kier alpha value is -2.58. The first-order valence-corrected chi connectivity index (χ1v) is 7.66. The number of amides is 1. The van der Waals surface area contributed by atoms with E-state index in [-0.39, 0.29) is 16.4 Å². The molecule has 0 aliphatic carbocycles. The summed E-state index contributed by atoms with van der Waals surface area (Å²) in [5, 5.41) is 7.78. The number of thiazole rings is 1. The van der Waals surface area contributed by atoms with Crippen molar-refractivity contribution in [1.82, 2.24) is 19.7 Å². The zero-order valence-electron chi connectivity index (χ0n) is 11.9. The van der Waals surface area contributed by atoms with Crippen molar-refractivity contribution < 1.29 is 4.79 Å². The van der Waals surface area contributed by atoms with E-state index in [1.807, 2.05) is 6.07 Å². The molecule has 0 saturated carbocycles. The lowest BCUT2D eigenvalue weighted by atomic mass is 10.3. The van der Waals surface area contributed by atoms with Crippen molar-refractivity contribution in [3.8, 4) is 10.6 Å². The molecular weight excluding hydrogens is 338 g/mol. The van der Waals surface area contributed by atoms with Crippen LogP contribution < -0.4 is 10.9 Å². The molecule has 0 bridgehead atoms. The fraction of sp³-hybridized carbons (Fsp3) is 0.0714. The molecule has 3 heterocycles. The van der Waals surface area contributed by atoms with Crippen molar-refractivity contribution in [2.24, 2.45) is 7.05 Å². The van der Waals surface area contributed by atoms with Gasteiger partial charge in [0.1, 0.15) is 15.7 Å². The summed E-state index contributed by atoms with van der Waals surface area (Å²) < 4.78 is 1.09. The number of nitrogens with one attached hydrogen (secondary N) is 1. The van der Waals surface area contributed by atoms with E-state index in [0.717, 1.165) is 10.2 Å². The molecule has 3 rings (SSSR count). The molecular formula is C14H10ClN5O2S. The highest BCUT2D eigenvalue weighted by Gasteiger charge is 2.16. The maximum atomic E-state index is 12.2. The lowest BCUT2D eigenvalue weighted by Crippen LogP contribution is -2.23. The summed E-state index contributed by atoms with van der Waals surface area (Å²) in [6.45, 7) is 0. The quantitative estimate of drug-likeness (QED) is 0.784. The van der Waals surface area contributed by atoms with Gasteiger partial charge in [0.05, 0.1) is 0 Å². The molecule has 116 valence electrons. The second-order valence-corrected chi connectivity index (χ2v) is 5.87. The van der Waals surface area contributed by atoms with E-state index in [4.69, 9.17) is 11.6 Å². The Morgan fingerprint density at radius 2 is 2.17 bits per heavy atom. The first-order valence-electron chi connectivity index (χ1n) is 6.47. The molecule has 9 heteroatoms. The fourth-order valence-corrected chi connectivity index (χ4v) is 2.92. The SMILES string of the molecule is Cn1nc(C(=O)Nc2sc(-c3cccnc3)nc2Cl)ccc1=O. The molecule has 3 aromatic heterocycles. The minimum absolute atomic E-state index is 0.111. The summed E-state index contributed by atoms with van der Waals surface area (Å²) in [7, 11) is 1.47. The third-order valence-corrected chi connectivity index (χ3v) is 4.32. The zero-order valence-corrected chi connectivity index (χ0v) is 13.4. The Kier molecular flexibility index (Phi) is 4.18. The van der Waals surface area contributed by atoms with Gasteiger partial charge in [0.2, 0.25) is 0 Å². The average Bonchev–Trinajstić information content (AvgIpc) is 2.92. The van der Waals surface area contributed by atoms with E-state index in [1.165, 1.54) is 30.5 Å². The Morgan fingerprint density at radius 1 is 1.35 bits per heavy atom. The number of pyridine rings is 1. The smallest absolute Gasteiger partial charge is 0.276 e. The third kappa shape index (κ3) is 3.27. The lowest BCUT2D eigenvalue weighted by molar-refractivity contribution is 0.102. The Morgan fingerprint density at radius 3 is 2.87 bits per heavy atom. The van der Waals surface area contributed by atoms with Gasteiger partial charge < -0.3 is 5.32 Å². The van der Waals surface area contributed by atoms with Crippen LogP contribution in [0.1, 0.15) is 10.5 Å². The van der Waals surface area contributed by atoms with Gasteiger partial charge in [0, 0.05) is 31.1 Å². The van der Waals surface area contributed by atoms with E-state index >= 15 is 0 Å². The number of anilines is 1. The molecule has 0 aromatic carbocycles. The maximum absolute atomic E-state index is 12.2. The maximum Gasteiger partial charge on any atom is 0.276 e. The molecule has 0 aliphatic rings. The van der Waals surface area contributed by atoms with Gasteiger partial charge in [0.15, 0.2) is 5.15 Å². The molecule has 0 spiro atoms. The van der Waals surface area contributed by atoms with E-state index < -0.39 is 5.91 Å². The zero-order chi connectivity index (χ0) is 16.4. The summed E-state index contributed by atoms with van der Waals surface area (Å²) in [4.78, 5) is 31.7. The van der Waals surface area contributed by atoms with E-state index in [1.54, 1.807) is 18.5 Å². The van der Waals surface area contributed by atoms with Crippen LogP contribution >= 0.6 is 22.9 Å². The molecule has 0 atom stereocenters. The average molecular weight is 348 g/mol. The van der Waals surface area contributed by atoms with Crippen LogP contribution in [0, 0.1) is 0 Å². The number of carbonyl (C=O) groups is 1. The molecule has 0 aliphatic heterocycles. The summed E-state index contributed by atoms with van der Waals surface area (Å²) in [6, 6.07) is 6.27. The van der Waals surface area contributed by atoms with E-state index in [2.05, 4.69) is 20.4 Å². The van der Waals surface area contributed by atoms with Crippen LogP contribution in [-0.2, 0) is 7.05 Å². The van der Waals surface area contributed by atoms with Gasteiger partial charge in [-0.15, -0.1) is 0 Å². The largest absolute Gasteiger partial charge is 0.310 e. The summed E-state index contributed by atoms with van der Waals surface area (Å²) in [6.07, 6.45) is 3.32. The first kappa shape index (κ1) is 15.3. The molecule has 7 nitrogen and oxygen atoms in total. The fourth-order valence-electron chi connectivity index (χ4n) is 1.78. The van der Waals surface area contributed by atoms with Crippen LogP contribution in [0.2, 0.25) is 5.15 Å². The van der Waals surface area contributed by atoms with Crippen molar-refractivity contribution in [3.63, 3.8) is 0 Å². The third-order valence-electron chi connectivity index (χ3n) is 2.91. The Balaban J connectivity index is 1.85. The van der Waals surface area contributed by atoms with Gasteiger partial charge in [-0.1, -0.05) is 22.9 Å². The predicted molar refractivity (Wildman–Crippen MR) is 87.8 cm³/mol. The summed E-state index contributed by atoms with van der Waals surface area (Å²) in [5.41, 5.74) is 0.621. The number of hydrogen-bond acceptors (Lipinski definition) is 6. The van der Waals surface area contributed by atoms with Crippen molar-refractivity contribution in [2.45, 2.75) is 0 Å². The molecule has 0 radical (unpaired) electrons. The first-order chi connectivity index (χ1) is 11.0. The topological polar surface area (TPSA) is 89.8 Å². The Labute approximate surface area is 139 Å². The standard InChI is InChI=1S/C14H10ClN5O2S/c1-20-10(21)5-4-9(19-20)12(22)18-14-11(15)17-13(23-14)8-3-2-6-16-7-8/h2-7H,1H3,(H,18,22). The van der Waals surface area contributed by atoms with Crippen molar-refractivity contribution >= 4 is 33.8 Å². The number of carbonyl (C=O) groups excluding carboxylic acids is 1. The summed E-state index contributed by atoms with van der Waals surface area (Å²) in [5.74, 6) is -0.469. The van der Waals surface area contributed by atoms with Crippen molar-refractivity contribution in [2.75, 3.05) is 5.32 Å². The van der Waals surface area contributed by atoms with Gasteiger partial charge in [-0.3, -0.25) is 14.6 Å². The summed E-state index contributed by atoms with van der Waals surface area (Å²) >= 11 is 7.30. The van der Waals surface area contributed by atoms with Crippen LogP contribution in [0.5, 0.6) is 0 Å². The molecule has 0 unspecified atom stereocenters. The minimum atomic E-state index is -0.469. The second kappa shape index (κ2) is 6.27. The van der Waals surface area contributed by atoms with E-state index in [0.29, 0.717) is 10.0 Å². The molecule has 23 heavy (non-hydrogen) atoms. The Bertz CT molecular complexity index is 922. The molecule has 1 N–H and O–H groups in total. The lowest BCUT2D eigenvalue weighted by Gasteiger charge is -2.03. The van der Waals surface area contributed by atoms with Crippen LogP contribution in [0.15, 0.2) is 41.5 Å². The van der Waals surface area contributed by atoms with Gasteiger partial charge in [-0.2, -0.15) is 5.10 Å². The van der Waals surface area contributed by atoms with Crippen molar-refractivity contribution in [3.05, 3.63) is 57.9 Å². The monoisotopic (exact) mass is 347 g/mol. The van der Waals surface area contributed by atoms with Gasteiger partial charge in [-0.25, -0.2) is 9.67 Å². The van der Waals surface area contributed by atoms with Crippen LogP contribution in [0.25, 0.3) is 10.6 Å². The second-order valence-electron chi connectivity index (χ2n) is 4.52. The highest BCUT2D eigenvalue weighted by Crippen LogP contribution is 2.34. The number of nitrogens with zero attached hydrogens (tertiary/aromatic N) is 4. The molecule has 0 fully saturated rings. The number of rotatable bonds is 3. The van der Waals surface area contributed by atoms with E-state index in [9.17, 15) is 9.59 Å². The van der Waals surface area contributed by atoms with Crippen LogP contribution in [0.3, 0.4) is 0 Å². The number of halogens is 1. The van der Waals surface area contributed by atoms with Gasteiger partial charge in [-0.05, 0) is 18.2 Å². The highest BCUT2D eigenvalue weighted by molar-refractivity contribution is 7.19. The van der Waals surface area contributed by atoms with Crippen LogP contribution in [0.4, 0.5) is 5.00 Å². The molecule has 3 aromatic rings. The number of aromatic nitrogens is 4. The van der Waals surface area contributed by atoms with Gasteiger partial charge >= 0.3 is 0 Å². The molecule has 1 amide bonds. The van der Waals surface area contributed by atoms with Gasteiger partial charge in [0.25, 0.3) is 11.5 Å². The van der Waals surface area contributed by atoms with Crippen LogP contribution in [-0.4, -0.2) is 25.7 Å². The number of hydrogen-bond donors (Lipinski definition) is 1. The predicted octanol–water partition coefficient (Wildman–Crippen LogP) is 2.20. The normalized spacial score (nSPS) is 10.5. The highest BCUT2D eigenvalue weighted by atomic mass is 35.5. The number of aryl methyl sites for hydroxylation is 1. The molecule has 0 saturated heterocycles.